The minimum absolute atomic E-state index is 0.485. The van der Waals surface area contributed by atoms with Crippen LogP contribution < -0.4 is 5.32 Å². The summed E-state index contributed by atoms with van der Waals surface area (Å²) in [6.45, 7) is 2.45. The second-order valence-electron chi connectivity index (χ2n) is 3.62. The van der Waals surface area contributed by atoms with E-state index < -0.39 is 0 Å². The average Bonchev–Trinajstić information content (AvgIpc) is 2.65. The van der Waals surface area contributed by atoms with E-state index in [0.717, 1.165) is 11.4 Å². The van der Waals surface area contributed by atoms with E-state index in [1.54, 1.807) is 6.20 Å². The average molecular weight is 246 g/mol. The van der Waals surface area contributed by atoms with Crippen molar-refractivity contribution in [3.05, 3.63) is 41.2 Å². The fourth-order valence-electron chi connectivity index (χ4n) is 1.53. The molecule has 0 spiro atoms. The van der Waals surface area contributed by atoms with Crippen molar-refractivity contribution >= 4 is 23.2 Å². The molecule has 0 atom stereocenters. The maximum Gasteiger partial charge on any atom is 0.208 e. The van der Waals surface area contributed by atoms with Gasteiger partial charge >= 0.3 is 0 Å². The lowest BCUT2D eigenvalue weighted by molar-refractivity contribution is 0.819. The summed E-state index contributed by atoms with van der Waals surface area (Å²) >= 11 is 6.07. The van der Waals surface area contributed by atoms with E-state index in [1.165, 1.54) is 0 Å². The van der Waals surface area contributed by atoms with Gasteiger partial charge in [0, 0.05) is 5.69 Å². The number of nitrogens with zero attached hydrogens (tertiary/aromatic N) is 2. The highest BCUT2D eigenvalue weighted by Gasteiger charge is 2.07. The van der Waals surface area contributed by atoms with Gasteiger partial charge in [-0.3, -0.25) is 0 Å². The number of anilines is 2. The molecule has 1 aromatic heterocycles. The van der Waals surface area contributed by atoms with Crippen LogP contribution in [0.15, 0.2) is 30.5 Å². The lowest BCUT2D eigenvalue weighted by Crippen LogP contribution is -2.04. The Kier molecular flexibility index (Phi) is 3.36. The van der Waals surface area contributed by atoms with Crippen LogP contribution >= 0.6 is 11.6 Å². The van der Waals surface area contributed by atoms with E-state index in [-0.39, 0.29) is 0 Å². The Morgan fingerprint density at radius 3 is 2.94 bits per heavy atom. The van der Waals surface area contributed by atoms with Crippen molar-refractivity contribution < 1.29 is 0 Å². The summed E-state index contributed by atoms with van der Waals surface area (Å²) in [6, 6.07) is 7.51. The van der Waals surface area contributed by atoms with Crippen LogP contribution in [0.4, 0.5) is 11.6 Å². The number of aromatic nitrogens is 2. The Bertz CT molecular complexity index is 566. The molecular weight excluding hydrogens is 234 g/mol. The molecule has 0 radical (unpaired) electrons. The molecule has 2 aromatic rings. The van der Waals surface area contributed by atoms with Crippen LogP contribution in [-0.4, -0.2) is 9.55 Å². The molecule has 1 heterocycles. The Hall–Kier alpha value is -1.92. The Morgan fingerprint density at radius 2 is 2.24 bits per heavy atom. The summed E-state index contributed by atoms with van der Waals surface area (Å²) in [6.07, 6.45) is 7.10. The smallest absolute Gasteiger partial charge is 0.208 e. The molecule has 0 aliphatic carbocycles. The minimum atomic E-state index is 0.485. The summed E-state index contributed by atoms with van der Waals surface area (Å²) in [5.41, 5.74) is 1.83. The van der Waals surface area contributed by atoms with Crippen molar-refractivity contribution in [1.82, 2.24) is 9.55 Å². The van der Waals surface area contributed by atoms with Crippen molar-refractivity contribution in [2.24, 2.45) is 0 Å². The third kappa shape index (κ3) is 2.43. The first kappa shape index (κ1) is 11.6. The number of benzene rings is 1. The molecule has 0 saturated carbocycles. The number of aryl methyl sites for hydroxylation is 1. The number of hydrogen-bond acceptors (Lipinski definition) is 2. The van der Waals surface area contributed by atoms with Gasteiger partial charge in [-0.05, 0) is 19.1 Å². The van der Waals surface area contributed by atoms with Crippen LogP contribution in [0.2, 0.25) is 5.02 Å². The number of rotatable bonds is 3. The predicted molar refractivity (Wildman–Crippen MR) is 70.5 cm³/mol. The Morgan fingerprint density at radius 1 is 1.47 bits per heavy atom. The number of hydrogen-bond donors (Lipinski definition) is 1. The predicted octanol–water partition coefficient (Wildman–Crippen LogP) is 3.22. The summed E-state index contributed by atoms with van der Waals surface area (Å²) in [5, 5.41) is 3.82. The van der Waals surface area contributed by atoms with Gasteiger partial charge in [0.2, 0.25) is 5.95 Å². The Labute approximate surface area is 105 Å². The molecule has 0 bridgehead atoms. The highest BCUT2D eigenvalue weighted by atomic mass is 35.5. The molecule has 17 heavy (non-hydrogen) atoms. The van der Waals surface area contributed by atoms with Crippen molar-refractivity contribution in [1.29, 1.82) is 0 Å². The molecule has 0 aliphatic rings. The second-order valence-corrected chi connectivity index (χ2v) is 4.03. The van der Waals surface area contributed by atoms with Gasteiger partial charge in [0.05, 0.1) is 23.5 Å². The largest absolute Gasteiger partial charge is 0.324 e. The van der Waals surface area contributed by atoms with Crippen LogP contribution in [-0.2, 0) is 6.54 Å². The van der Waals surface area contributed by atoms with Gasteiger partial charge in [0.15, 0.2) is 0 Å². The number of imidazole rings is 1. The lowest BCUT2D eigenvalue weighted by atomic mass is 10.3. The zero-order valence-electron chi connectivity index (χ0n) is 9.44. The normalized spacial score (nSPS) is 9.94. The Balaban J connectivity index is 2.31. The van der Waals surface area contributed by atoms with Gasteiger partial charge < -0.3 is 9.88 Å². The van der Waals surface area contributed by atoms with Crippen LogP contribution in [0.1, 0.15) is 5.69 Å². The quantitative estimate of drug-likeness (QED) is 0.842. The second kappa shape index (κ2) is 4.94. The third-order valence-corrected chi connectivity index (χ3v) is 2.75. The highest BCUT2D eigenvalue weighted by molar-refractivity contribution is 6.33. The van der Waals surface area contributed by atoms with E-state index in [9.17, 15) is 0 Å². The number of terminal acetylenes is 1. The van der Waals surface area contributed by atoms with E-state index >= 15 is 0 Å². The van der Waals surface area contributed by atoms with Crippen molar-refractivity contribution in [3.8, 4) is 12.3 Å². The van der Waals surface area contributed by atoms with Crippen LogP contribution in [0.3, 0.4) is 0 Å². The zero-order valence-corrected chi connectivity index (χ0v) is 10.2. The van der Waals surface area contributed by atoms with Crippen LogP contribution in [0, 0.1) is 19.3 Å². The van der Waals surface area contributed by atoms with E-state index in [0.29, 0.717) is 17.5 Å². The molecule has 0 fully saturated rings. The monoisotopic (exact) mass is 245 g/mol. The molecular formula is C13H12ClN3. The summed E-state index contributed by atoms with van der Waals surface area (Å²) in [4.78, 5) is 4.27. The minimum Gasteiger partial charge on any atom is -0.324 e. The van der Waals surface area contributed by atoms with Gasteiger partial charge in [-0.15, -0.1) is 6.42 Å². The van der Waals surface area contributed by atoms with Gasteiger partial charge in [0.1, 0.15) is 0 Å². The molecule has 0 aliphatic heterocycles. The molecule has 86 valence electrons. The molecule has 1 aromatic carbocycles. The molecule has 0 amide bonds. The van der Waals surface area contributed by atoms with E-state index in [2.05, 4.69) is 16.2 Å². The van der Waals surface area contributed by atoms with Gasteiger partial charge in [-0.2, -0.15) is 0 Å². The number of para-hydroxylation sites is 1. The fourth-order valence-corrected chi connectivity index (χ4v) is 1.72. The maximum atomic E-state index is 6.07. The molecule has 2 rings (SSSR count). The molecule has 4 heteroatoms. The SMILES string of the molecule is C#CCn1c(C)cnc1Nc1ccccc1Cl. The topological polar surface area (TPSA) is 29.9 Å². The zero-order chi connectivity index (χ0) is 12.3. The maximum absolute atomic E-state index is 6.07. The van der Waals surface area contributed by atoms with Crippen LogP contribution in [0.25, 0.3) is 0 Å². The van der Waals surface area contributed by atoms with Crippen molar-refractivity contribution in [2.45, 2.75) is 13.5 Å². The first-order valence-corrected chi connectivity index (χ1v) is 5.57. The fraction of sp³-hybridized carbons (Fsp3) is 0.154. The highest BCUT2D eigenvalue weighted by Crippen LogP contribution is 2.24. The van der Waals surface area contributed by atoms with Gasteiger partial charge in [0.25, 0.3) is 0 Å². The molecule has 0 saturated heterocycles. The first-order valence-electron chi connectivity index (χ1n) is 5.19. The lowest BCUT2D eigenvalue weighted by Gasteiger charge is -2.09. The summed E-state index contributed by atoms with van der Waals surface area (Å²) in [7, 11) is 0. The van der Waals surface area contributed by atoms with E-state index in [4.69, 9.17) is 18.0 Å². The molecule has 3 nitrogen and oxygen atoms in total. The number of halogens is 1. The summed E-state index contributed by atoms with van der Waals surface area (Å²) < 4.78 is 1.92. The van der Waals surface area contributed by atoms with Gasteiger partial charge in [-0.25, -0.2) is 4.98 Å². The van der Waals surface area contributed by atoms with E-state index in [1.807, 2.05) is 35.8 Å². The molecule has 1 N–H and O–H groups in total. The third-order valence-electron chi connectivity index (χ3n) is 2.42. The summed E-state index contributed by atoms with van der Waals surface area (Å²) in [5.74, 6) is 3.30. The first-order chi connectivity index (χ1) is 8.22. The van der Waals surface area contributed by atoms with Gasteiger partial charge in [-0.1, -0.05) is 29.7 Å². The standard InChI is InChI=1S/C13H12ClN3/c1-3-8-17-10(2)9-15-13(17)16-12-7-5-4-6-11(12)14/h1,4-7,9H,8H2,2H3,(H,15,16). The van der Waals surface area contributed by atoms with Crippen molar-refractivity contribution in [3.63, 3.8) is 0 Å². The van der Waals surface area contributed by atoms with Crippen LogP contribution in [0.5, 0.6) is 0 Å². The molecule has 0 unspecified atom stereocenters. The van der Waals surface area contributed by atoms with Crippen molar-refractivity contribution in [2.75, 3.05) is 5.32 Å². The number of nitrogens with one attached hydrogen (secondary N) is 1.